The monoisotopic (exact) mass is 247 g/mol. The van der Waals surface area contributed by atoms with E-state index in [-0.39, 0.29) is 0 Å². The maximum absolute atomic E-state index is 6.16. The van der Waals surface area contributed by atoms with E-state index in [0.717, 1.165) is 25.5 Å². The zero-order valence-corrected chi connectivity index (χ0v) is 11.5. The second-order valence-corrected chi connectivity index (χ2v) is 5.52. The first kappa shape index (κ1) is 14.3. The summed E-state index contributed by atoms with van der Waals surface area (Å²) in [6, 6.07) is 0.530. The quantitative estimate of drug-likeness (QED) is 0.698. The molecule has 0 amide bonds. The van der Waals surface area contributed by atoms with E-state index in [9.17, 15) is 0 Å². The van der Waals surface area contributed by atoms with Crippen LogP contribution in [0.3, 0.4) is 0 Å². The van der Waals surface area contributed by atoms with Crippen LogP contribution in [-0.4, -0.2) is 32.2 Å². The van der Waals surface area contributed by atoms with Gasteiger partial charge in [-0.2, -0.15) is 0 Å². The minimum absolute atomic E-state index is 0.362. The van der Waals surface area contributed by atoms with Crippen LogP contribution in [0, 0.1) is 5.41 Å². The molecule has 3 heteroatoms. The number of methoxy groups -OCH3 is 1. The smallest absolute Gasteiger partial charge is 0.0476 e. The lowest BCUT2D eigenvalue weighted by atomic mass is 9.75. The van der Waals surface area contributed by atoms with E-state index in [1.165, 1.54) is 32.1 Å². The molecule has 0 aromatic heterocycles. The van der Waals surface area contributed by atoms with Crippen LogP contribution in [0.2, 0.25) is 0 Å². The normalized spacial score (nSPS) is 21.9. The average molecular weight is 248 g/mol. The van der Waals surface area contributed by atoms with Crippen molar-refractivity contribution >= 4 is 11.6 Å². The third-order valence-corrected chi connectivity index (χ3v) is 4.35. The topological polar surface area (TPSA) is 21.3 Å². The number of hydrogen-bond donors (Lipinski definition) is 1. The summed E-state index contributed by atoms with van der Waals surface area (Å²) in [6.45, 7) is 4.13. The summed E-state index contributed by atoms with van der Waals surface area (Å²) < 4.78 is 5.09. The molecule has 96 valence electrons. The molecule has 1 fully saturated rings. The van der Waals surface area contributed by atoms with Crippen molar-refractivity contribution in [2.45, 2.75) is 51.5 Å². The Morgan fingerprint density at radius 1 is 1.31 bits per heavy atom. The fourth-order valence-electron chi connectivity index (χ4n) is 2.45. The SMILES string of the molecule is COCCC(C)NCC1(CCl)CCCCC1. The minimum Gasteiger partial charge on any atom is -0.385 e. The first-order valence-corrected chi connectivity index (χ1v) is 7.04. The summed E-state index contributed by atoms with van der Waals surface area (Å²) in [5, 5.41) is 3.61. The van der Waals surface area contributed by atoms with Gasteiger partial charge in [-0.3, -0.25) is 0 Å². The predicted octanol–water partition coefficient (Wildman–Crippen LogP) is 3.19. The molecular formula is C13H26ClNO. The molecule has 1 saturated carbocycles. The zero-order chi connectivity index (χ0) is 11.9. The molecule has 0 aromatic carbocycles. The molecule has 0 bridgehead atoms. The van der Waals surface area contributed by atoms with Gasteiger partial charge in [0.2, 0.25) is 0 Å². The van der Waals surface area contributed by atoms with Crippen LogP contribution >= 0.6 is 11.6 Å². The Morgan fingerprint density at radius 3 is 2.56 bits per heavy atom. The summed E-state index contributed by atoms with van der Waals surface area (Å²) in [6.07, 6.45) is 7.75. The Morgan fingerprint density at radius 2 is 2.00 bits per heavy atom. The molecule has 0 aromatic rings. The molecule has 1 aliphatic rings. The Hall–Kier alpha value is 0.210. The van der Waals surface area contributed by atoms with Crippen molar-refractivity contribution in [2.75, 3.05) is 26.1 Å². The van der Waals surface area contributed by atoms with Gasteiger partial charge in [-0.25, -0.2) is 0 Å². The highest BCUT2D eigenvalue weighted by molar-refractivity contribution is 6.18. The molecule has 0 heterocycles. The Balaban J connectivity index is 2.27. The van der Waals surface area contributed by atoms with E-state index in [2.05, 4.69) is 12.2 Å². The van der Waals surface area contributed by atoms with Crippen LogP contribution in [0.1, 0.15) is 45.4 Å². The second-order valence-electron chi connectivity index (χ2n) is 5.26. The molecule has 1 rings (SSSR count). The van der Waals surface area contributed by atoms with E-state index in [0.29, 0.717) is 11.5 Å². The van der Waals surface area contributed by atoms with Gasteiger partial charge in [0.05, 0.1) is 0 Å². The van der Waals surface area contributed by atoms with Gasteiger partial charge in [-0.15, -0.1) is 11.6 Å². The molecule has 1 unspecified atom stereocenters. The number of nitrogens with one attached hydrogen (secondary N) is 1. The van der Waals surface area contributed by atoms with Crippen molar-refractivity contribution < 1.29 is 4.74 Å². The number of rotatable bonds is 7. The number of hydrogen-bond acceptors (Lipinski definition) is 2. The lowest BCUT2D eigenvalue weighted by Gasteiger charge is -2.36. The van der Waals surface area contributed by atoms with Crippen molar-refractivity contribution in [1.82, 2.24) is 5.32 Å². The van der Waals surface area contributed by atoms with Gasteiger partial charge in [-0.1, -0.05) is 19.3 Å². The van der Waals surface area contributed by atoms with E-state index in [4.69, 9.17) is 16.3 Å². The fourth-order valence-corrected chi connectivity index (χ4v) is 2.81. The number of halogens is 1. The van der Waals surface area contributed by atoms with E-state index >= 15 is 0 Å². The minimum atomic E-state index is 0.362. The molecule has 1 aliphatic carbocycles. The molecule has 0 aliphatic heterocycles. The first-order chi connectivity index (χ1) is 7.72. The lowest BCUT2D eigenvalue weighted by Crippen LogP contribution is -2.41. The number of alkyl halides is 1. The predicted molar refractivity (Wildman–Crippen MR) is 70.2 cm³/mol. The Labute approximate surface area is 105 Å². The summed E-state index contributed by atoms with van der Waals surface area (Å²) >= 11 is 6.16. The Kier molecular flexibility index (Phi) is 6.71. The largest absolute Gasteiger partial charge is 0.385 e. The third-order valence-electron chi connectivity index (χ3n) is 3.78. The third kappa shape index (κ3) is 4.60. The van der Waals surface area contributed by atoms with E-state index < -0.39 is 0 Å². The van der Waals surface area contributed by atoms with Gasteiger partial charge < -0.3 is 10.1 Å². The maximum atomic E-state index is 6.16. The second kappa shape index (κ2) is 7.52. The molecule has 1 atom stereocenters. The van der Waals surface area contributed by atoms with Crippen LogP contribution < -0.4 is 5.32 Å². The van der Waals surface area contributed by atoms with Gasteiger partial charge >= 0.3 is 0 Å². The standard InChI is InChI=1S/C13H26ClNO/c1-12(6-9-16-2)15-11-13(10-14)7-4-3-5-8-13/h12,15H,3-11H2,1-2H3. The summed E-state index contributed by atoms with van der Waals surface area (Å²) in [4.78, 5) is 0. The van der Waals surface area contributed by atoms with Gasteiger partial charge in [0.15, 0.2) is 0 Å². The summed E-state index contributed by atoms with van der Waals surface area (Å²) in [7, 11) is 1.76. The van der Waals surface area contributed by atoms with Crippen LogP contribution in [0.5, 0.6) is 0 Å². The lowest BCUT2D eigenvalue weighted by molar-refractivity contribution is 0.172. The maximum Gasteiger partial charge on any atom is 0.0476 e. The van der Waals surface area contributed by atoms with Crippen molar-refractivity contribution in [1.29, 1.82) is 0 Å². The highest BCUT2D eigenvalue weighted by atomic mass is 35.5. The molecule has 0 spiro atoms. The number of ether oxygens (including phenoxy) is 1. The summed E-state index contributed by atoms with van der Waals surface area (Å²) in [5.41, 5.74) is 0.362. The van der Waals surface area contributed by atoms with Gasteiger partial charge in [0, 0.05) is 32.2 Å². The van der Waals surface area contributed by atoms with Crippen LogP contribution in [0.25, 0.3) is 0 Å². The highest BCUT2D eigenvalue weighted by Gasteiger charge is 2.31. The molecule has 16 heavy (non-hydrogen) atoms. The molecule has 2 nitrogen and oxygen atoms in total. The van der Waals surface area contributed by atoms with Crippen molar-refractivity contribution in [3.8, 4) is 0 Å². The summed E-state index contributed by atoms with van der Waals surface area (Å²) in [5.74, 6) is 0.803. The van der Waals surface area contributed by atoms with E-state index in [1.54, 1.807) is 7.11 Å². The van der Waals surface area contributed by atoms with Crippen molar-refractivity contribution in [3.05, 3.63) is 0 Å². The Bertz CT molecular complexity index is 181. The van der Waals surface area contributed by atoms with Crippen molar-refractivity contribution in [2.24, 2.45) is 5.41 Å². The van der Waals surface area contributed by atoms with Crippen LogP contribution in [0.4, 0.5) is 0 Å². The van der Waals surface area contributed by atoms with Gasteiger partial charge in [0.25, 0.3) is 0 Å². The fraction of sp³-hybridized carbons (Fsp3) is 1.00. The van der Waals surface area contributed by atoms with E-state index in [1.807, 2.05) is 0 Å². The molecule has 1 N–H and O–H groups in total. The van der Waals surface area contributed by atoms with Crippen molar-refractivity contribution in [3.63, 3.8) is 0 Å². The van der Waals surface area contributed by atoms with Gasteiger partial charge in [0.1, 0.15) is 0 Å². The molecule has 0 radical (unpaired) electrons. The van der Waals surface area contributed by atoms with Crippen LogP contribution in [-0.2, 0) is 4.74 Å². The highest BCUT2D eigenvalue weighted by Crippen LogP contribution is 2.36. The molecule has 0 saturated heterocycles. The molecular weight excluding hydrogens is 222 g/mol. The average Bonchev–Trinajstić information content (AvgIpc) is 2.35. The van der Waals surface area contributed by atoms with Crippen LogP contribution in [0.15, 0.2) is 0 Å². The zero-order valence-electron chi connectivity index (χ0n) is 10.7. The first-order valence-electron chi connectivity index (χ1n) is 6.51. The van der Waals surface area contributed by atoms with Gasteiger partial charge in [-0.05, 0) is 31.6 Å².